The van der Waals surface area contributed by atoms with Crippen LogP contribution in [0.4, 0.5) is 5.82 Å². The van der Waals surface area contributed by atoms with E-state index in [-0.39, 0.29) is 12.7 Å². The van der Waals surface area contributed by atoms with Crippen LogP contribution in [-0.2, 0) is 0 Å². The Balaban J connectivity index is 1.51. The Hall–Kier alpha value is -2.27. The molecule has 23 heavy (non-hydrogen) atoms. The fourth-order valence-corrected chi connectivity index (χ4v) is 3.37. The van der Waals surface area contributed by atoms with Crippen molar-refractivity contribution in [1.29, 1.82) is 0 Å². The van der Waals surface area contributed by atoms with Crippen molar-refractivity contribution in [2.24, 2.45) is 0 Å². The van der Waals surface area contributed by atoms with Gasteiger partial charge in [-0.2, -0.15) is 0 Å². The van der Waals surface area contributed by atoms with Crippen LogP contribution in [0.5, 0.6) is 11.5 Å². The Morgan fingerprint density at radius 3 is 2.87 bits per heavy atom. The third-order valence-corrected chi connectivity index (χ3v) is 4.63. The molecule has 0 radical (unpaired) electrons. The molecule has 4 rings (SSSR count). The molecular formula is C18H20N2O3. The van der Waals surface area contributed by atoms with Gasteiger partial charge in [-0.05, 0) is 48.7 Å². The van der Waals surface area contributed by atoms with E-state index in [2.05, 4.69) is 22.9 Å². The molecule has 1 aromatic carbocycles. The van der Waals surface area contributed by atoms with Gasteiger partial charge in [0.05, 0.1) is 6.10 Å². The molecule has 5 heteroatoms. The minimum absolute atomic E-state index is 0.116. The number of hydrogen-bond acceptors (Lipinski definition) is 5. The van der Waals surface area contributed by atoms with Crippen LogP contribution in [0.3, 0.4) is 0 Å². The van der Waals surface area contributed by atoms with Gasteiger partial charge >= 0.3 is 0 Å². The van der Waals surface area contributed by atoms with Gasteiger partial charge in [-0.1, -0.05) is 6.07 Å². The van der Waals surface area contributed by atoms with E-state index in [1.54, 1.807) is 0 Å². The molecule has 5 nitrogen and oxygen atoms in total. The van der Waals surface area contributed by atoms with Crippen molar-refractivity contribution in [1.82, 2.24) is 4.98 Å². The highest BCUT2D eigenvalue weighted by Gasteiger charge is 2.30. The first-order valence-corrected chi connectivity index (χ1v) is 7.96. The van der Waals surface area contributed by atoms with Crippen molar-refractivity contribution in [3.8, 4) is 11.5 Å². The molecule has 1 fully saturated rings. The van der Waals surface area contributed by atoms with Crippen LogP contribution >= 0.6 is 0 Å². The summed E-state index contributed by atoms with van der Waals surface area (Å²) in [5, 5.41) is 10.6. The molecule has 3 heterocycles. The minimum Gasteiger partial charge on any atom is -0.454 e. The molecule has 0 bridgehead atoms. The summed E-state index contributed by atoms with van der Waals surface area (Å²) in [6.45, 7) is 3.81. The number of aliphatic hydroxyl groups is 1. The standard InChI is InChI=1S/C18H20N2O3/c1-12-4-6-19-18(8-12)20-7-5-14(15(21)10-20)13-2-3-16-17(9-13)23-11-22-16/h2-4,6,8-9,14-15,21H,5,7,10-11H2,1H3/t14-,15+/m0/s1. The van der Waals surface area contributed by atoms with E-state index < -0.39 is 6.10 Å². The molecule has 0 amide bonds. The molecule has 0 unspecified atom stereocenters. The molecule has 2 aromatic rings. The van der Waals surface area contributed by atoms with Gasteiger partial charge in [0.2, 0.25) is 6.79 Å². The van der Waals surface area contributed by atoms with Gasteiger partial charge in [-0.3, -0.25) is 0 Å². The van der Waals surface area contributed by atoms with Crippen molar-refractivity contribution in [2.75, 3.05) is 24.8 Å². The number of ether oxygens (including phenoxy) is 2. The third kappa shape index (κ3) is 2.72. The van der Waals surface area contributed by atoms with E-state index in [4.69, 9.17) is 9.47 Å². The van der Waals surface area contributed by atoms with E-state index in [1.807, 2.05) is 30.5 Å². The normalized spacial score (nSPS) is 23.1. The zero-order valence-corrected chi connectivity index (χ0v) is 13.1. The van der Waals surface area contributed by atoms with Crippen LogP contribution in [0.15, 0.2) is 36.5 Å². The summed E-state index contributed by atoms with van der Waals surface area (Å²) in [5.74, 6) is 2.61. The van der Waals surface area contributed by atoms with Crippen LogP contribution in [0.25, 0.3) is 0 Å². The maximum atomic E-state index is 10.6. The van der Waals surface area contributed by atoms with E-state index in [1.165, 1.54) is 5.56 Å². The molecular weight excluding hydrogens is 292 g/mol. The summed E-state index contributed by atoms with van der Waals surface area (Å²) in [6, 6.07) is 10.0. The summed E-state index contributed by atoms with van der Waals surface area (Å²) >= 11 is 0. The molecule has 120 valence electrons. The van der Waals surface area contributed by atoms with Crippen molar-refractivity contribution in [3.05, 3.63) is 47.7 Å². The van der Waals surface area contributed by atoms with Crippen molar-refractivity contribution in [3.63, 3.8) is 0 Å². The highest BCUT2D eigenvalue weighted by molar-refractivity contribution is 5.47. The summed E-state index contributed by atoms with van der Waals surface area (Å²) < 4.78 is 10.8. The monoisotopic (exact) mass is 312 g/mol. The summed E-state index contributed by atoms with van der Waals surface area (Å²) in [7, 11) is 0. The topological polar surface area (TPSA) is 54.8 Å². The van der Waals surface area contributed by atoms with Gasteiger partial charge in [0.25, 0.3) is 0 Å². The molecule has 1 aromatic heterocycles. The zero-order chi connectivity index (χ0) is 15.8. The van der Waals surface area contributed by atoms with Crippen molar-refractivity contribution >= 4 is 5.82 Å². The first-order valence-electron chi connectivity index (χ1n) is 7.96. The number of aryl methyl sites for hydroxylation is 1. The van der Waals surface area contributed by atoms with Gasteiger partial charge in [0.15, 0.2) is 11.5 Å². The summed E-state index contributed by atoms with van der Waals surface area (Å²) in [5.41, 5.74) is 2.29. The number of β-amino-alcohol motifs (C(OH)–C–C–N with tert-alkyl or cyclic N) is 1. The molecule has 0 saturated carbocycles. The van der Waals surface area contributed by atoms with E-state index in [9.17, 15) is 5.11 Å². The molecule has 2 atom stereocenters. The molecule has 0 aliphatic carbocycles. The van der Waals surface area contributed by atoms with Gasteiger partial charge in [-0.25, -0.2) is 4.98 Å². The van der Waals surface area contributed by atoms with E-state index in [0.717, 1.165) is 35.8 Å². The Morgan fingerprint density at radius 1 is 1.17 bits per heavy atom. The maximum Gasteiger partial charge on any atom is 0.231 e. The lowest BCUT2D eigenvalue weighted by Gasteiger charge is -2.37. The lowest BCUT2D eigenvalue weighted by atomic mass is 9.87. The largest absolute Gasteiger partial charge is 0.454 e. The zero-order valence-electron chi connectivity index (χ0n) is 13.1. The lowest BCUT2D eigenvalue weighted by Crippen LogP contribution is -2.43. The number of aliphatic hydroxyl groups excluding tert-OH is 1. The molecule has 0 spiro atoms. The van der Waals surface area contributed by atoms with Crippen LogP contribution in [0.2, 0.25) is 0 Å². The van der Waals surface area contributed by atoms with Gasteiger partial charge in [0, 0.05) is 25.2 Å². The van der Waals surface area contributed by atoms with Gasteiger partial charge < -0.3 is 19.5 Å². The molecule has 1 N–H and O–H groups in total. The lowest BCUT2D eigenvalue weighted by molar-refractivity contribution is 0.129. The quantitative estimate of drug-likeness (QED) is 0.923. The van der Waals surface area contributed by atoms with Crippen LogP contribution < -0.4 is 14.4 Å². The summed E-state index contributed by atoms with van der Waals surface area (Å²) in [6.07, 6.45) is 2.28. The average Bonchev–Trinajstić information content (AvgIpc) is 3.02. The first kappa shape index (κ1) is 14.3. The van der Waals surface area contributed by atoms with Crippen LogP contribution in [0.1, 0.15) is 23.5 Å². The SMILES string of the molecule is Cc1ccnc(N2CC[C@@H](c3ccc4c(c3)OCO4)[C@H](O)C2)c1. The van der Waals surface area contributed by atoms with Gasteiger partial charge in [0.1, 0.15) is 5.82 Å². The number of hydrogen-bond donors (Lipinski definition) is 1. The highest BCUT2D eigenvalue weighted by Crippen LogP contribution is 2.38. The number of fused-ring (bicyclic) bond motifs is 1. The first-order chi connectivity index (χ1) is 11.2. The van der Waals surface area contributed by atoms with E-state index in [0.29, 0.717) is 6.54 Å². The Labute approximate surface area is 135 Å². The third-order valence-electron chi connectivity index (χ3n) is 4.63. The minimum atomic E-state index is -0.425. The molecule has 1 saturated heterocycles. The Morgan fingerprint density at radius 2 is 2.04 bits per heavy atom. The summed E-state index contributed by atoms with van der Waals surface area (Å²) in [4.78, 5) is 6.57. The second-order valence-electron chi connectivity index (χ2n) is 6.21. The number of pyridine rings is 1. The van der Waals surface area contributed by atoms with Gasteiger partial charge in [-0.15, -0.1) is 0 Å². The fourth-order valence-electron chi connectivity index (χ4n) is 3.37. The van der Waals surface area contributed by atoms with Crippen LogP contribution in [0, 0.1) is 6.92 Å². The number of anilines is 1. The van der Waals surface area contributed by atoms with Crippen molar-refractivity contribution < 1.29 is 14.6 Å². The molecule has 2 aliphatic rings. The number of nitrogens with zero attached hydrogens (tertiary/aromatic N) is 2. The fraction of sp³-hybridized carbons (Fsp3) is 0.389. The second kappa shape index (κ2) is 5.74. The predicted octanol–water partition coefficient (Wildman–Crippen LogP) is 2.47. The van der Waals surface area contributed by atoms with Crippen LogP contribution in [-0.4, -0.2) is 36.1 Å². The second-order valence-corrected chi connectivity index (χ2v) is 6.21. The smallest absolute Gasteiger partial charge is 0.231 e. The average molecular weight is 312 g/mol. The number of piperidine rings is 1. The predicted molar refractivity (Wildman–Crippen MR) is 87.1 cm³/mol. The Kier molecular flexibility index (Phi) is 3.58. The highest BCUT2D eigenvalue weighted by atomic mass is 16.7. The number of rotatable bonds is 2. The van der Waals surface area contributed by atoms with Crippen molar-refractivity contribution in [2.45, 2.75) is 25.4 Å². The maximum absolute atomic E-state index is 10.6. The number of benzene rings is 1. The number of aromatic nitrogens is 1. The van der Waals surface area contributed by atoms with E-state index >= 15 is 0 Å². The molecule has 2 aliphatic heterocycles. The Bertz CT molecular complexity index is 719.